The van der Waals surface area contributed by atoms with E-state index in [2.05, 4.69) is 4.74 Å². The first-order valence-electron chi connectivity index (χ1n) is 9.91. The Labute approximate surface area is 187 Å². The minimum absolute atomic E-state index is 0.0508. The van der Waals surface area contributed by atoms with Gasteiger partial charge in [-0.3, -0.25) is 0 Å². The van der Waals surface area contributed by atoms with Gasteiger partial charge in [0.05, 0.1) is 6.61 Å². The van der Waals surface area contributed by atoms with Crippen LogP contribution >= 0.6 is 11.6 Å². The average molecular weight is 470 g/mol. The lowest BCUT2D eigenvalue weighted by molar-refractivity contribution is -0.231. The molecule has 4 N–H and O–H groups in total. The number of benzene rings is 2. The van der Waals surface area contributed by atoms with Crippen molar-refractivity contribution < 1.29 is 38.7 Å². The van der Waals surface area contributed by atoms with Gasteiger partial charge in [0.25, 0.3) is 0 Å². The second-order valence-electron chi connectivity index (χ2n) is 7.65. The Morgan fingerprint density at radius 1 is 1.03 bits per heavy atom. The molecular weight excluding hydrogens is 448 g/mol. The molecule has 1 fully saturated rings. The van der Waals surface area contributed by atoms with Crippen LogP contribution in [0.4, 0.5) is 8.78 Å². The van der Waals surface area contributed by atoms with Crippen molar-refractivity contribution in [1.29, 1.82) is 0 Å². The zero-order valence-corrected chi connectivity index (χ0v) is 17.4. The molecule has 0 saturated carbocycles. The molecule has 0 radical (unpaired) electrons. The number of hydrogen-bond acceptors (Lipinski definition) is 6. The summed E-state index contributed by atoms with van der Waals surface area (Å²) in [6.45, 7) is -3.07. The van der Waals surface area contributed by atoms with E-state index in [1.165, 1.54) is 12.1 Å². The van der Waals surface area contributed by atoms with Crippen LogP contribution in [0.3, 0.4) is 0 Å². The number of halogens is 3. The number of fused-ring (bicyclic) bond motifs is 1. The largest absolute Gasteiger partial charge is 0.435 e. The van der Waals surface area contributed by atoms with Gasteiger partial charge in [-0.15, -0.1) is 0 Å². The van der Waals surface area contributed by atoms with E-state index in [1.807, 2.05) is 4.57 Å². The van der Waals surface area contributed by atoms with Crippen molar-refractivity contribution in [2.45, 2.75) is 43.7 Å². The molecule has 1 aliphatic heterocycles. The number of aliphatic hydroxyl groups excluding tert-OH is 4. The standard InChI is InChI=1S/C22H22ClF2NO6/c23-12-3-6-16-14(7-12)15(21-20(30)19(29)18(28)17(10-27)32-21)9-26(16)8-11-1-4-13(5-2-11)31-22(24)25/h1-7,9,17-22,27-30H,8,10H2/t17-,18-,19+,20-,21+/m1/s1. The van der Waals surface area contributed by atoms with Gasteiger partial charge in [-0.05, 0) is 35.9 Å². The summed E-state index contributed by atoms with van der Waals surface area (Å²) in [4.78, 5) is 0. The maximum atomic E-state index is 12.4. The molecule has 0 amide bonds. The number of rotatable bonds is 6. The molecule has 172 valence electrons. The lowest BCUT2D eigenvalue weighted by Crippen LogP contribution is -2.55. The monoisotopic (exact) mass is 469 g/mol. The van der Waals surface area contributed by atoms with Crippen molar-refractivity contribution in [2.75, 3.05) is 6.61 Å². The Hall–Kier alpha value is -2.27. The molecule has 1 saturated heterocycles. The summed E-state index contributed by atoms with van der Waals surface area (Å²) in [6.07, 6.45) is -4.73. The number of ether oxygens (including phenoxy) is 2. The molecular formula is C22H22ClF2NO6. The minimum atomic E-state index is -2.90. The first-order chi connectivity index (χ1) is 15.3. The van der Waals surface area contributed by atoms with Gasteiger partial charge in [-0.1, -0.05) is 23.7 Å². The molecule has 0 bridgehead atoms. The van der Waals surface area contributed by atoms with E-state index in [-0.39, 0.29) is 5.75 Å². The topological polar surface area (TPSA) is 104 Å². The van der Waals surface area contributed by atoms with Crippen LogP contribution in [0.5, 0.6) is 5.75 Å². The molecule has 5 atom stereocenters. The Bertz CT molecular complexity index is 1070. The summed E-state index contributed by atoms with van der Waals surface area (Å²) in [5.74, 6) is 0.0508. The normalized spacial score (nSPS) is 26.1. The number of aromatic nitrogens is 1. The summed E-state index contributed by atoms with van der Waals surface area (Å²) in [5, 5.41) is 41.5. The van der Waals surface area contributed by atoms with E-state index in [0.717, 1.165) is 11.1 Å². The van der Waals surface area contributed by atoms with Crippen LogP contribution in [0.2, 0.25) is 5.02 Å². The molecule has 10 heteroatoms. The van der Waals surface area contributed by atoms with Crippen LogP contribution in [0, 0.1) is 0 Å². The van der Waals surface area contributed by atoms with Crippen molar-refractivity contribution in [3.05, 3.63) is 64.8 Å². The van der Waals surface area contributed by atoms with Crippen LogP contribution in [-0.2, 0) is 11.3 Å². The third kappa shape index (κ3) is 4.45. The summed E-state index contributed by atoms with van der Waals surface area (Å²) in [6, 6.07) is 11.4. The zero-order chi connectivity index (χ0) is 23.0. The summed E-state index contributed by atoms with van der Waals surface area (Å²) >= 11 is 6.18. The molecule has 1 aromatic heterocycles. The van der Waals surface area contributed by atoms with Gasteiger partial charge in [0.1, 0.15) is 36.3 Å². The molecule has 4 rings (SSSR count). The fourth-order valence-corrected chi connectivity index (χ4v) is 4.16. The number of alkyl halides is 2. The van der Waals surface area contributed by atoms with Gasteiger partial charge < -0.3 is 34.5 Å². The highest BCUT2D eigenvalue weighted by Gasteiger charge is 2.44. The highest BCUT2D eigenvalue weighted by atomic mass is 35.5. The second kappa shape index (κ2) is 9.30. The average Bonchev–Trinajstić information content (AvgIpc) is 3.10. The van der Waals surface area contributed by atoms with Crippen molar-refractivity contribution in [3.63, 3.8) is 0 Å². The Morgan fingerprint density at radius 2 is 1.75 bits per heavy atom. The van der Waals surface area contributed by atoms with E-state index < -0.39 is 43.7 Å². The van der Waals surface area contributed by atoms with Crippen LogP contribution < -0.4 is 4.74 Å². The van der Waals surface area contributed by atoms with Crippen molar-refractivity contribution >= 4 is 22.5 Å². The predicted molar refractivity (Wildman–Crippen MR) is 112 cm³/mol. The smallest absolute Gasteiger partial charge is 0.387 e. The lowest BCUT2D eigenvalue weighted by atomic mass is 9.91. The molecule has 0 unspecified atom stereocenters. The highest BCUT2D eigenvalue weighted by molar-refractivity contribution is 6.31. The molecule has 32 heavy (non-hydrogen) atoms. The fourth-order valence-electron chi connectivity index (χ4n) is 3.99. The van der Waals surface area contributed by atoms with E-state index >= 15 is 0 Å². The van der Waals surface area contributed by atoms with Crippen molar-refractivity contribution in [1.82, 2.24) is 4.57 Å². The van der Waals surface area contributed by atoms with Gasteiger partial charge in [0.15, 0.2) is 0 Å². The molecule has 7 nitrogen and oxygen atoms in total. The number of nitrogens with zero attached hydrogens (tertiary/aromatic N) is 1. The molecule has 2 heterocycles. The molecule has 0 aliphatic carbocycles. The minimum Gasteiger partial charge on any atom is -0.435 e. The van der Waals surface area contributed by atoms with Gasteiger partial charge in [-0.2, -0.15) is 8.78 Å². The number of hydrogen-bond donors (Lipinski definition) is 4. The van der Waals surface area contributed by atoms with E-state index in [9.17, 15) is 29.2 Å². The Balaban J connectivity index is 1.70. The number of aliphatic hydroxyl groups is 4. The van der Waals surface area contributed by atoms with Crippen molar-refractivity contribution in [2.24, 2.45) is 0 Å². The van der Waals surface area contributed by atoms with Crippen LogP contribution in [0.15, 0.2) is 48.7 Å². The SMILES string of the molecule is OC[C@H]1O[C@@H](c2cn(Cc3ccc(OC(F)F)cc3)c3ccc(Cl)cc23)[C@H](O)[C@@H](O)[C@@H]1O. The first kappa shape index (κ1) is 22.9. The maximum Gasteiger partial charge on any atom is 0.387 e. The van der Waals surface area contributed by atoms with Gasteiger partial charge in [0, 0.05) is 34.2 Å². The third-order valence-electron chi connectivity index (χ3n) is 5.57. The second-order valence-corrected chi connectivity index (χ2v) is 8.08. The zero-order valence-electron chi connectivity index (χ0n) is 16.7. The van der Waals surface area contributed by atoms with Gasteiger partial charge >= 0.3 is 6.61 Å². The highest BCUT2D eigenvalue weighted by Crippen LogP contribution is 2.38. The van der Waals surface area contributed by atoms with Crippen LogP contribution in [0.25, 0.3) is 10.9 Å². The maximum absolute atomic E-state index is 12.4. The van der Waals surface area contributed by atoms with Crippen LogP contribution in [0.1, 0.15) is 17.2 Å². The Morgan fingerprint density at radius 3 is 2.41 bits per heavy atom. The van der Waals surface area contributed by atoms with Gasteiger partial charge in [-0.25, -0.2) is 0 Å². The van der Waals surface area contributed by atoms with Crippen LogP contribution in [-0.4, -0.2) is 62.6 Å². The molecule has 3 aromatic rings. The molecule has 1 aliphatic rings. The Kier molecular flexibility index (Phi) is 6.66. The molecule has 2 aromatic carbocycles. The summed E-state index contributed by atoms with van der Waals surface area (Å²) < 4.78 is 36.7. The van der Waals surface area contributed by atoms with Crippen molar-refractivity contribution in [3.8, 4) is 5.75 Å². The predicted octanol–water partition coefficient (Wildman–Crippen LogP) is 2.46. The lowest BCUT2D eigenvalue weighted by Gasteiger charge is -2.40. The quantitative estimate of drug-likeness (QED) is 0.442. The van der Waals surface area contributed by atoms with E-state index in [1.54, 1.807) is 36.5 Å². The summed E-state index contributed by atoms with van der Waals surface area (Å²) in [5.41, 5.74) is 2.09. The summed E-state index contributed by atoms with van der Waals surface area (Å²) in [7, 11) is 0. The molecule has 0 spiro atoms. The van der Waals surface area contributed by atoms with E-state index in [4.69, 9.17) is 16.3 Å². The fraction of sp³-hybridized carbons (Fsp3) is 0.364. The van der Waals surface area contributed by atoms with Gasteiger partial charge in [0.2, 0.25) is 0 Å². The third-order valence-corrected chi connectivity index (χ3v) is 5.81. The van der Waals surface area contributed by atoms with E-state index in [0.29, 0.717) is 22.5 Å². The first-order valence-corrected chi connectivity index (χ1v) is 10.3.